The van der Waals surface area contributed by atoms with Crippen LogP contribution in [-0.2, 0) is 0 Å². The average Bonchev–Trinajstić information content (AvgIpc) is 2.69. The van der Waals surface area contributed by atoms with Crippen LogP contribution in [0.1, 0.15) is 27.6 Å². The monoisotopic (exact) mass is 396 g/mol. The van der Waals surface area contributed by atoms with E-state index in [1.807, 2.05) is 0 Å². The summed E-state index contributed by atoms with van der Waals surface area (Å²) in [5.74, 6) is 0.131. The predicted molar refractivity (Wildman–Crippen MR) is 109 cm³/mol. The van der Waals surface area contributed by atoms with E-state index in [1.54, 1.807) is 48.5 Å². The molecular weight excluding hydrogens is 380 g/mol. The minimum absolute atomic E-state index is 0.0495. The number of hydrazine groups is 1. The Kier molecular flexibility index (Phi) is 5.71. The standard InChI is InChI=1S/C19H17ClN6O2/c1-11(27)13-3-2-4-15(9-13)24-17-16(21)18(23-10-22-17)25-26-19(28)12-5-7-14(20)8-6-12/h2-10H,21H2,1H3,(H,26,28)(H2,22,23,24,25). The fourth-order valence-corrected chi connectivity index (χ4v) is 2.46. The molecule has 0 aliphatic carbocycles. The Hall–Kier alpha value is -3.65. The largest absolute Gasteiger partial charge is 0.393 e. The number of benzene rings is 2. The normalized spacial score (nSPS) is 10.2. The van der Waals surface area contributed by atoms with E-state index < -0.39 is 0 Å². The summed E-state index contributed by atoms with van der Waals surface area (Å²) in [6.45, 7) is 1.49. The maximum atomic E-state index is 12.2. The van der Waals surface area contributed by atoms with Gasteiger partial charge in [0.05, 0.1) is 0 Å². The Morgan fingerprint density at radius 1 is 1.00 bits per heavy atom. The van der Waals surface area contributed by atoms with Crippen molar-refractivity contribution < 1.29 is 9.59 Å². The Labute approximate surface area is 166 Å². The number of anilines is 4. The van der Waals surface area contributed by atoms with E-state index in [9.17, 15) is 9.59 Å². The van der Waals surface area contributed by atoms with Crippen LogP contribution in [0.3, 0.4) is 0 Å². The summed E-state index contributed by atoms with van der Waals surface area (Å²) in [7, 11) is 0. The number of nitrogens with two attached hydrogens (primary N) is 1. The molecule has 9 heteroatoms. The van der Waals surface area contributed by atoms with Gasteiger partial charge in [0.2, 0.25) is 0 Å². The van der Waals surface area contributed by atoms with Gasteiger partial charge in [-0.05, 0) is 43.3 Å². The molecule has 1 amide bonds. The number of carbonyl (C=O) groups is 2. The molecule has 0 radical (unpaired) electrons. The molecule has 28 heavy (non-hydrogen) atoms. The van der Waals surface area contributed by atoms with Crippen LogP contribution in [0.2, 0.25) is 5.02 Å². The second-order valence-corrected chi connectivity index (χ2v) is 6.27. The summed E-state index contributed by atoms with van der Waals surface area (Å²) in [5, 5.41) is 3.57. The number of carbonyl (C=O) groups excluding carboxylic acids is 2. The maximum Gasteiger partial charge on any atom is 0.269 e. The molecule has 5 N–H and O–H groups in total. The van der Waals surface area contributed by atoms with E-state index in [2.05, 4.69) is 26.1 Å². The number of aromatic nitrogens is 2. The summed E-state index contributed by atoms with van der Waals surface area (Å²) in [6, 6.07) is 13.4. The Morgan fingerprint density at radius 2 is 1.71 bits per heavy atom. The molecular formula is C19H17ClN6O2. The molecule has 0 aliphatic heterocycles. The van der Waals surface area contributed by atoms with Crippen molar-refractivity contribution in [1.82, 2.24) is 15.4 Å². The smallest absolute Gasteiger partial charge is 0.269 e. The molecule has 3 aromatic rings. The lowest BCUT2D eigenvalue weighted by atomic mass is 10.1. The van der Waals surface area contributed by atoms with Gasteiger partial charge < -0.3 is 11.1 Å². The second kappa shape index (κ2) is 8.36. The molecule has 0 bridgehead atoms. The summed E-state index contributed by atoms with van der Waals surface area (Å²) >= 11 is 5.81. The van der Waals surface area contributed by atoms with Gasteiger partial charge in [-0.3, -0.25) is 20.4 Å². The number of halogens is 1. The number of hydrogen-bond donors (Lipinski definition) is 4. The highest BCUT2D eigenvalue weighted by Gasteiger charge is 2.11. The first-order valence-electron chi connectivity index (χ1n) is 8.24. The minimum atomic E-state index is -0.377. The van der Waals surface area contributed by atoms with Crippen LogP contribution in [0.15, 0.2) is 54.9 Å². The molecule has 3 rings (SSSR count). The number of nitrogen functional groups attached to an aromatic ring is 1. The predicted octanol–water partition coefficient (Wildman–Crippen LogP) is 3.42. The van der Waals surface area contributed by atoms with Crippen molar-refractivity contribution in [3.63, 3.8) is 0 Å². The average molecular weight is 397 g/mol. The lowest BCUT2D eigenvalue weighted by molar-refractivity contribution is 0.0961. The highest BCUT2D eigenvalue weighted by Crippen LogP contribution is 2.25. The van der Waals surface area contributed by atoms with Gasteiger partial charge in [-0.25, -0.2) is 9.97 Å². The van der Waals surface area contributed by atoms with Crippen LogP contribution >= 0.6 is 11.6 Å². The molecule has 0 unspecified atom stereocenters. The van der Waals surface area contributed by atoms with Crippen molar-refractivity contribution in [2.45, 2.75) is 6.92 Å². The number of rotatable bonds is 6. The minimum Gasteiger partial charge on any atom is -0.393 e. The zero-order chi connectivity index (χ0) is 20.1. The van der Waals surface area contributed by atoms with Crippen molar-refractivity contribution >= 4 is 46.3 Å². The summed E-state index contributed by atoms with van der Waals surface area (Å²) in [6.07, 6.45) is 1.30. The third-order valence-electron chi connectivity index (χ3n) is 3.82. The molecule has 8 nitrogen and oxygen atoms in total. The van der Waals surface area contributed by atoms with Crippen molar-refractivity contribution in [3.05, 3.63) is 71.0 Å². The molecule has 0 fully saturated rings. The Balaban J connectivity index is 1.72. The van der Waals surface area contributed by atoms with E-state index in [4.69, 9.17) is 17.3 Å². The van der Waals surface area contributed by atoms with Gasteiger partial charge in [-0.1, -0.05) is 23.7 Å². The number of Topliss-reactive ketones (excluding diaryl/α,β-unsaturated/α-hetero) is 1. The first kappa shape index (κ1) is 19.1. The van der Waals surface area contributed by atoms with Gasteiger partial charge in [-0.15, -0.1) is 0 Å². The van der Waals surface area contributed by atoms with E-state index in [1.165, 1.54) is 13.3 Å². The molecule has 0 saturated heterocycles. The lowest BCUT2D eigenvalue weighted by Gasteiger charge is -2.13. The third-order valence-corrected chi connectivity index (χ3v) is 4.07. The van der Waals surface area contributed by atoms with Gasteiger partial charge in [0.15, 0.2) is 17.4 Å². The molecule has 2 aromatic carbocycles. The highest BCUT2D eigenvalue weighted by atomic mass is 35.5. The fourth-order valence-electron chi connectivity index (χ4n) is 2.34. The summed E-state index contributed by atoms with van der Waals surface area (Å²) in [4.78, 5) is 31.8. The summed E-state index contributed by atoms with van der Waals surface area (Å²) in [5.41, 5.74) is 13.1. The molecule has 0 aliphatic rings. The van der Waals surface area contributed by atoms with Crippen molar-refractivity contribution in [2.24, 2.45) is 0 Å². The van der Waals surface area contributed by atoms with Crippen LogP contribution in [0.25, 0.3) is 0 Å². The van der Waals surface area contributed by atoms with Crippen LogP contribution in [0.4, 0.5) is 23.0 Å². The number of ketones is 1. The van der Waals surface area contributed by atoms with Gasteiger partial charge in [0.1, 0.15) is 12.0 Å². The molecule has 1 heterocycles. The van der Waals surface area contributed by atoms with Gasteiger partial charge in [0, 0.05) is 21.8 Å². The Bertz CT molecular complexity index is 1020. The van der Waals surface area contributed by atoms with Crippen molar-refractivity contribution in [3.8, 4) is 0 Å². The molecule has 0 spiro atoms. The van der Waals surface area contributed by atoms with Crippen LogP contribution in [-0.4, -0.2) is 21.7 Å². The summed E-state index contributed by atoms with van der Waals surface area (Å²) < 4.78 is 0. The van der Waals surface area contributed by atoms with Crippen molar-refractivity contribution in [2.75, 3.05) is 16.5 Å². The SMILES string of the molecule is CC(=O)c1cccc(Nc2ncnc(NNC(=O)c3ccc(Cl)cc3)c2N)c1. The quantitative estimate of drug-likeness (QED) is 0.372. The van der Waals surface area contributed by atoms with Crippen LogP contribution in [0, 0.1) is 0 Å². The molecule has 0 saturated carbocycles. The lowest BCUT2D eigenvalue weighted by Crippen LogP contribution is -2.30. The molecule has 142 valence electrons. The fraction of sp³-hybridized carbons (Fsp3) is 0.0526. The van der Waals surface area contributed by atoms with Crippen molar-refractivity contribution in [1.29, 1.82) is 0 Å². The van der Waals surface area contributed by atoms with E-state index >= 15 is 0 Å². The number of amides is 1. The molecule has 1 aromatic heterocycles. The number of hydrogen-bond acceptors (Lipinski definition) is 7. The second-order valence-electron chi connectivity index (χ2n) is 5.83. The third kappa shape index (κ3) is 4.54. The zero-order valence-corrected chi connectivity index (χ0v) is 15.6. The van der Waals surface area contributed by atoms with E-state index in [-0.39, 0.29) is 23.2 Å². The van der Waals surface area contributed by atoms with E-state index in [0.29, 0.717) is 27.7 Å². The van der Waals surface area contributed by atoms with Gasteiger partial charge in [0.25, 0.3) is 5.91 Å². The first-order chi connectivity index (χ1) is 13.4. The van der Waals surface area contributed by atoms with Gasteiger partial charge in [-0.2, -0.15) is 0 Å². The highest BCUT2D eigenvalue weighted by molar-refractivity contribution is 6.30. The van der Waals surface area contributed by atoms with E-state index in [0.717, 1.165) is 0 Å². The Morgan fingerprint density at radius 3 is 2.43 bits per heavy atom. The van der Waals surface area contributed by atoms with Crippen LogP contribution < -0.4 is 21.9 Å². The van der Waals surface area contributed by atoms with Crippen LogP contribution in [0.5, 0.6) is 0 Å². The van der Waals surface area contributed by atoms with Gasteiger partial charge >= 0.3 is 0 Å². The zero-order valence-electron chi connectivity index (χ0n) is 14.9. The topological polar surface area (TPSA) is 122 Å². The number of nitrogens with one attached hydrogen (secondary N) is 3. The number of nitrogens with zero attached hydrogens (tertiary/aromatic N) is 2. The first-order valence-corrected chi connectivity index (χ1v) is 8.62. The maximum absolute atomic E-state index is 12.2. The molecule has 0 atom stereocenters.